The highest BCUT2D eigenvalue weighted by Crippen LogP contribution is 2.46. The van der Waals surface area contributed by atoms with Crippen LogP contribution in [0.5, 0.6) is 5.75 Å². The number of benzene rings is 2. The minimum Gasteiger partial charge on any atom is -0.494 e. The molecule has 1 aromatic heterocycles. The second-order valence-electron chi connectivity index (χ2n) is 6.97. The van der Waals surface area contributed by atoms with Gasteiger partial charge >= 0.3 is 0 Å². The van der Waals surface area contributed by atoms with E-state index in [4.69, 9.17) is 4.74 Å². The molecule has 0 spiro atoms. The molecule has 29 heavy (non-hydrogen) atoms. The van der Waals surface area contributed by atoms with Crippen LogP contribution in [0.3, 0.4) is 0 Å². The number of carbonyl (C=O) groups is 1. The second kappa shape index (κ2) is 7.65. The normalized spacial score (nSPS) is 16.2. The first-order valence-corrected chi connectivity index (χ1v) is 11.7. The fraction of sp³-hybridized carbons (Fsp3) is 0.227. The van der Waals surface area contributed by atoms with Gasteiger partial charge in [-0.1, -0.05) is 24.3 Å². The van der Waals surface area contributed by atoms with Gasteiger partial charge in [0.05, 0.1) is 17.2 Å². The van der Waals surface area contributed by atoms with Crippen molar-refractivity contribution >= 4 is 32.8 Å². The van der Waals surface area contributed by atoms with Gasteiger partial charge in [0.1, 0.15) is 10.6 Å². The van der Waals surface area contributed by atoms with E-state index >= 15 is 0 Å². The Morgan fingerprint density at radius 1 is 1.17 bits per heavy atom. The third kappa shape index (κ3) is 3.68. The molecule has 1 aliphatic rings. The summed E-state index contributed by atoms with van der Waals surface area (Å²) in [6.45, 7) is 4.36. The number of rotatable bonds is 5. The van der Waals surface area contributed by atoms with Crippen molar-refractivity contribution in [3.8, 4) is 5.75 Å². The van der Waals surface area contributed by atoms with Gasteiger partial charge in [-0.25, -0.2) is 8.42 Å². The number of fused-ring (bicyclic) bond motifs is 1. The molecule has 5 nitrogen and oxygen atoms in total. The smallest absolute Gasteiger partial charge is 0.225 e. The Morgan fingerprint density at radius 3 is 2.62 bits per heavy atom. The number of amides is 1. The van der Waals surface area contributed by atoms with Crippen molar-refractivity contribution in [3.63, 3.8) is 0 Å². The molecule has 0 saturated carbocycles. The molecule has 0 saturated heterocycles. The van der Waals surface area contributed by atoms with E-state index in [0.29, 0.717) is 12.3 Å². The predicted octanol–water partition coefficient (Wildman–Crippen LogP) is 4.76. The lowest BCUT2D eigenvalue weighted by Crippen LogP contribution is -2.23. The number of sulfone groups is 1. The molecule has 3 aromatic rings. The summed E-state index contributed by atoms with van der Waals surface area (Å²) < 4.78 is 31.9. The Hall–Kier alpha value is -2.64. The van der Waals surface area contributed by atoms with Gasteiger partial charge in [0.2, 0.25) is 15.7 Å². The van der Waals surface area contributed by atoms with Crippen molar-refractivity contribution in [1.82, 2.24) is 0 Å². The molecule has 150 valence electrons. The zero-order valence-corrected chi connectivity index (χ0v) is 17.8. The van der Waals surface area contributed by atoms with E-state index in [1.54, 1.807) is 23.6 Å². The molecular weight excluding hydrogens is 406 g/mol. The molecule has 1 amide bonds. The van der Waals surface area contributed by atoms with Crippen molar-refractivity contribution in [3.05, 3.63) is 69.9 Å². The van der Waals surface area contributed by atoms with E-state index in [0.717, 1.165) is 21.8 Å². The third-order valence-electron chi connectivity index (χ3n) is 4.94. The first-order valence-electron chi connectivity index (χ1n) is 9.36. The molecular formula is C22H21NO4S2. The van der Waals surface area contributed by atoms with Gasteiger partial charge in [-0.2, -0.15) is 0 Å². The third-order valence-corrected chi connectivity index (χ3v) is 7.96. The van der Waals surface area contributed by atoms with Crippen molar-refractivity contribution < 1.29 is 17.9 Å². The lowest BCUT2D eigenvalue weighted by Gasteiger charge is -2.24. The summed E-state index contributed by atoms with van der Waals surface area (Å²) in [6.07, 6.45) is 0.283. The molecule has 2 aromatic carbocycles. The summed E-state index contributed by atoms with van der Waals surface area (Å²) in [5, 5.41) is 4.43. The van der Waals surface area contributed by atoms with Crippen LogP contribution < -0.4 is 10.1 Å². The van der Waals surface area contributed by atoms with Crippen LogP contribution in [0.15, 0.2) is 63.7 Å². The van der Waals surface area contributed by atoms with E-state index in [9.17, 15) is 13.2 Å². The molecule has 1 N–H and O–H groups in total. The maximum Gasteiger partial charge on any atom is 0.225 e. The van der Waals surface area contributed by atoms with Crippen LogP contribution in [0.1, 0.15) is 35.3 Å². The zero-order chi connectivity index (χ0) is 20.6. The number of carbonyl (C=O) groups excluding carboxylic acids is 1. The summed E-state index contributed by atoms with van der Waals surface area (Å²) >= 11 is 1.37. The van der Waals surface area contributed by atoms with Gasteiger partial charge in [-0.15, -0.1) is 11.3 Å². The number of hydrogen-bond acceptors (Lipinski definition) is 5. The zero-order valence-electron chi connectivity index (χ0n) is 16.1. The van der Waals surface area contributed by atoms with Crippen LogP contribution in [-0.2, 0) is 14.6 Å². The number of aryl methyl sites for hydroxylation is 1. The fourth-order valence-corrected chi connectivity index (χ4v) is 6.56. The number of nitrogens with one attached hydrogen (secondary N) is 1. The molecule has 0 unspecified atom stereocenters. The molecule has 0 fully saturated rings. The van der Waals surface area contributed by atoms with E-state index in [2.05, 4.69) is 5.32 Å². The molecule has 1 aliphatic heterocycles. The van der Waals surface area contributed by atoms with E-state index in [1.807, 2.05) is 44.2 Å². The van der Waals surface area contributed by atoms with Crippen molar-refractivity contribution in [1.29, 1.82) is 0 Å². The molecule has 0 radical (unpaired) electrons. The average Bonchev–Trinajstić information content (AvgIpc) is 3.13. The number of thiophene rings is 1. The molecule has 2 heterocycles. The van der Waals surface area contributed by atoms with E-state index in [1.165, 1.54) is 11.3 Å². The first kappa shape index (κ1) is 19.7. The van der Waals surface area contributed by atoms with Crippen LogP contribution in [0.2, 0.25) is 0 Å². The van der Waals surface area contributed by atoms with Crippen molar-refractivity contribution in [2.45, 2.75) is 36.0 Å². The van der Waals surface area contributed by atoms with Crippen LogP contribution in [0, 0.1) is 6.92 Å². The van der Waals surface area contributed by atoms with Crippen LogP contribution in [0.25, 0.3) is 0 Å². The maximum atomic E-state index is 13.2. The van der Waals surface area contributed by atoms with Gasteiger partial charge in [0, 0.05) is 22.6 Å². The highest BCUT2D eigenvalue weighted by atomic mass is 32.2. The predicted molar refractivity (Wildman–Crippen MR) is 114 cm³/mol. The summed E-state index contributed by atoms with van der Waals surface area (Å²) in [7, 11) is -3.73. The van der Waals surface area contributed by atoms with Crippen LogP contribution in [-0.4, -0.2) is 20.9 Å². The quantitative estimate of drug-likeness (QED) is 0.637. The lowest BCUT2D eigenvalue weighted by atomic mass is 9.90. The van der Waals surface area contributed by atoms with Crippen molar-refractivity contribution in [2.75, 3.05) is 11.9 Å². The average molecular weight is 428 g/mol. The largest absolute Gasteiger partial charge is 0.494 e. The van der Waals surface area contributed by atoms with Crippen LogP contribution >= 0.6 is 11.3 Å². The van der Waals surface area contributed by atoms with Crippen LogP contribution in [0.4, 0.5) is 5.69 Å². The van der Waals surface area contributed by atoms with E-state index < -0.39 is 9.84 Å². The maximum absolute atomic E-state index is 13.2. The van der Waals surface area contributed by atoms with Crippen molar-refractivity contribution in [2.24, 2.45) is 0 Å². The highest BCUT2D eigenvalue weighted by molar-refractivity contribution is 7.91. The lowest BCUT2D eigenvalue weighted by molar-refractivity contribution is -0.116. The Kier molecular flexibility index (Phi) is 5.19. The van der Waals surface area contributed by atoms with E-state index in [-0.39, 0.29) is 28.0 Å². The monoisotopic (exact) mass is 427 g/mol. The molecule has 0 aliphatic carbocycles. The Bertz CT molecular complexity index is 1160. The van der Waals surface area contributed by atoms with Gasteiger partial charge in [-0.3, -0.25) is 4.79 Å². The molecule has 0 bridgehead atoms. The Labute approximate surface area is 174 Å². The van der Waals surface area contributed by atoms with Gasteiger partial charge in [0.25, 0.3) is 0 Å². The molecule has 1 atom stereocenters. The number of ether oxygens (including phenoxy) is 1. The SMILES string of the molecule is CCOc1ccc([C@H]2CC(=O)Nc3c(S(=O)(=O)c4cccc(C)c4)csc32)cc1. The summed E-state index contributed by atoms with van der Waals surface area (Å²) in [4.78, 5) is 13.7. The second-order valence-corrected chi connectivity index (χ2v) is 9.80. The minimum absolute atomic E-state index is 0.159. The standard InChI is InChI=1S/C22H21NO4S2/c1-3-27-16-9-7-15(8-10-16)18-12-20(24)23-21-19(13-28-22(18)21)29(25,26)17-6-4-5-14(2)11-17/h4-11,13,18H,3,12H2,1-2H3,(H,23,24)/t18-/m1/s1. The minimum atomic E-state index is -3.73. The van der Waals surface area contributed by atoms with Gasteiger partial charge < -0.3 is 10.1 Å². The summed E-state index contributed by atoms with van der Waals surface area (Å²) in [5.41, 5.74) is 2.24. The Morgan fingerprint density at radius 2 is 1.93 bits per heavy atom. The molecule has 7 heteroatoms. The number of anilines is 1. The molecule has 4 rings (SSSR count). The Balaban J connectivity index is 1.76. The highest BCUT2D eigenvalue weighted by Gasteiger charge is 2.34. The fourth-order valence-electron chi connectivity index (χ4n) is 3.54. The summed E-state index contributed by atoms with van der Waals surface area (Å²) in [6, 6.07) is 14.4. The summed E-state index contributed by atoms with van der Waals surface area (Å²) in [5.74, 6) is 0.405. The van der Waals surface area contributed by atoms with Gasteiger partial charge in [-0.05, 0) is 49.2 Å². The first-order chi connectivity index (χ1) is 13.9. The topological polar surface area (TPSA) is 72.5 Å². The number of hydrogen-bond donors (Lipinski definition) is 1. The van der Waals surface area contributed by atoms with Gasteiger partial charge in [0.15, 0.2) is 0 Å².